The van der Waals surface area contributed by atoms with E-state index in [2.05, 4.69) is 123 Å². The molecule has 1 atom stereocenters. The molecule has 2 aliphatic heterocycles. The van der Waals surface area contributed by atoms with Crippen LogP contribution in [0.2, 0.25) is 0 Å². The van der Waals surface area contributed by atoms with Crippen LogP contribution < -0.4 is 9.64 Å². The van der Waals surface area contributed by atoms with Crippen LogP contribution in [-0.2, 0) is 32.6 Å². The molecule has 1 unspecified atom stereocenters. The van der Waals surface area contributed by atoms with E-state index in [-0.39, 0.29) is 6.04 Å². The minimum atomic E-state index is 0.0223. The van der Waals surface area contributed by atoms with E-state index in [0.717, 1.165) is 81.0 Å². The number of ether oxygens (including phenoxy) is 1. The summed E-state index contributed by atoms with van der Waals surface area (Å²) in [5.41, 5.74) is 5.53. The smallest absolute Gasteiger partial charge is 0.220 e. The Morgan fingerprint density at radius 3 is 2.32 bits per heavy atom. The van der Waals surface area contributed by atoms with Crippen LogP contribution in [0, 0.1) is 0 Å². The molecule has 0 radical (unpaired) electrons. The van der Waals surface area contributed by atoms with Crippen molar-refractivity contribution in [1.82, 2.24) is 29.8 Å². The van der Waals surface area contributed by atoms with Crippen molar-refractivity contribution in [2.45, 2.75) is 84.1 Å². The Kier molecular flexibility index (Phi) is 11.5. The van der Waals surface area contributed by atoms with Crippen LogP contribution in [-0.4, -0.2) is 62.6 Å². The molecule has 0 saturated carbocycles. The first-order chi connectivity index (χ1) is 24.7. The highest BCUT2D eigenvalue weighted by Crippen LogP contribution is 2.34. The van der Waals surface area contributed by atoms with E-state index >= 15 is 0 Å². The summed E-state index contributed by atoms with van der Waals surface area (Å²) in [6, 6.07) is 29.8. The summed E-state index contributed by atoms with van der Waals surface area (Å²) in [7, 11) is 0. The lowest BCUT2D eigenvalue weighted by Crippen LogP contribution is -2.33. The molecule has 5 aromatic rings. The molecule has 0 spiro atoms. The van der Waals surface area contributed by atoms with Gasteiger partial charge in [0.1, 0.15) is 23.7 Å². The fourth-order valence-electron chi connectivity index (χ4n) is 7.34. The molecule has 2 aliphatic rings. The number of nitrogens with zero attached hydrogens (tertiary/aromatic N) is 7. The second kappa shape index (κ2) is 17.0. The molecule has 3 aromatic carbocycles. The van der Waals surface area contributed by atoms with Crippen molar-refractivity contribution in [3.8, 4) is 5.75 Å². The van der Waals surface area contributed by atoms with E-state index in [4.69, 9.17) is 14.1 Å². The van der Waals surface area contributed by atoms with Gasteiger partial charge >= 0.3 is 0 Å². The molecule has 0 amide bonds. The summed E-state index contributed by atoms with van der Waals surface area (Å²) < 4.78 is 15.2. The number of fused-ring (bicyclic) bond motifs is 4. The van der Waals surface area contributed by atoms with Crippen LogP contribution in [0.25, 0.3) is 0 Å². The molecule has 0 N–H and O–H groups in total. The molecular weight excluding hydrogens is 622 g/mol. The number of piperidine rings is 1. The summed E-state index contributed by atoms with van der Waals surface area (Å²) in [5.74, 6) is 2.53. The predicted octanol–water partition coefficient (Wildman–Crippen LogP) is 7.68. The maximum absolute atomic E-state index is 6.96. The third-order valence-corrected chi connectivity index (χ3v) is 9.95. The highest BCUT2D eigenvalue weighted by Gasteiger charge is 2.29. The third kappa shape index (κ3) is 9.00. The summed E-state index contributed by atoms with van der Waals surface area (Å²) in [4.78, 5) is 12.7. The zero-order valence-electron chi connectivity index (χ0n) is 29.5. The molecule has 9 nitrogen and oxygen atoms in total. The fraction of sp³-hybridized carbons (Fsp3) is 0.439. The van der Waals surface area contributed by atoms with Crippen molar-refractivity contribution in [3.05, 3.63) is 125 Å². The van der Waals surface area contributed by atoms with E-state index < -0.39 is 0 Å². The zero-order valence-corrected chi connectivity index (χ0v) is 29.5. The highest BCUT2D eigenvalue weighted by atomic mass is 16.5. The molecule has 9 heteroatoms. The number of aromatic nitrogens is 4. The second-order valence-electron chi connectivity index (χ2n) is 13.8. The van der Waals surface area contributed by atoms with Crippen LogP contribution in [0.15, 0.2) is 95.5 Å². The minimum absolute atomic E-state index is 0.0223. The number of benzene rings is 3. The van der Waals surface area contributed by atoms with Gasteiger partial charge in [0.15, 0.2) is 0 Å². The van der Waals surface area contributed by atoms with Crippen molar-refractivity contribution < 1.29 is 9.15 Å². The van der Waals surface area contributed by atoms with Crippen LogP contribution >= 0.6 is 0 Å². The Morgan fingerprint density at radius 2 is 1.52 bits per heavy atom. The minimum Gasteiger partial charge on any atom is -0.492 e. The molecule has 4 heterocycles. The van der Waals surface area contributed by atoms with Gasteiger partial charge in [-0.3, -0.25) is 14.5 Å². The number of aryl methyl sites for hydroxylation is 1. The Labute approximate surface area is 296 Å². The molecule has 4 bridgehead atoms. The second-order valence-corrected chi connectivity index (χ2v) is 13.8. The van der Waals surface area contributed by atoms with Gasteiger partial charge < -0.3 is 14.1 Å². The van der Waals surface area contributed by atoms with E-state index in [1.807, 2.05) is 4.68 Å². The summed E-state index contributed by atoms with van der Waals surface area (Å²) in [5, 5.41) is 9.08. The van der Waals surface area contributed by atoms with Gasteiger partial charge in [-0.15, -0.1) is 5.10 Å². The third-order valence-electron chi connectivity index (χ3n) is 9.95. The van der Waals surface area contributed by atoms with E-state index in [1.54, 1.807) is 0 Å². The number of hydrogen-bond acceptors (Lipinski definition) is 8. The number of hydrogen-bond donors (Lipinski definition) is 0. The molecule has 50 heavy (non-hydrogen) atoms. The maximum atomic E-state index is 6.96. The number of rotatable bonds is 11. The molecule has 2 aromatic heterocycles. The predicted molar refractivity (Wildman–Crippen MR) is 197 cm³/mol. The van der Waals surface area contributed by atoms with Crippen molar-refractivity contribution in [1.29, 1.82) is 0 Å². The molecule has 262 valence electrons. The summed E-state index contributed by atoms with van der Waals surface area (Å²) in [6.45, 7) is 10.1. The Hall–Kier alpha value is -4.47. The highest BCUT2D eigenvalue weighted by molar-refractivity contribution is 5.45. The lowest BCUT2D eigenvalue weighted by Gasteiger charge is -2.29. The average molecular weight is 674 g/mol. The quantitative estimate of drug-likeness (QED) is 0.141. The SMILES string of the molecule is CCC1c2nc(Cc3ccccc3)c(o2)N(Cc2ccccc2)Cc2cn(nn2)CCCCN1Cc1cccc(OCCN2CCCCC2)c1. The van der Waals surface area contributed by atoms with Gasteiger partial charge in [-0.25, -0.2) is 4.98 Å². The van der Waals surface area contributed by atoms with Crippen molar-refractivity contribution in [3.63, 3.8) is 0 Å². The first-order valence-corrected chi connectivity index (χ1v) is 18.6. The summed E-state index contributed by atoms with van der Waals surface area (Å²) in [6.07, 6.45) is 9.65. The van der Waals surface area contributed by atoms with E-state index in [1.165, 1.54) is 49.0 Å². The van der Waals surface area contributed by atoms with Crippen molar-refractivity contribution in [2.75, 3.05) is 37.7 Å². The van der Waals surface area contributed by atoms with Gasteiger partial charge in [-0.2, -0.15) is 0 Å². The monoisotopic (exact) mass is 673 g/mol. The van der Waals surface area contributed by atoms with Crippen LogP contribution in [0.1, 0.15) is 85.5 Å². The number of likely N-dealkylation sites (tertiary alicyclic amines) is 1. The van der Waals surface area contributed by atoms with Gasteiger partial charge in [0.25, 0.3) is 0 Å². The van der Waals surface area contributed by atoms with Crippen LogP contribution in [0.5, 0.6) is 5.75 Å². The molecular formula is C41H51N7O2. The number of anilines is 1. The van der Waals surface area contributed by atoms with Crippen LogP contribution in [0.4, 0.5) is 5.88 Å². The Morgan fingerprint density at radius 1 is 0.780 bits per heavy atom. The molecule has 7 rings (SSSR count). The Balaban J connectivity index is 1.19. The topological polar surface area (TPSA) is 75.7 Å². The first kappa shape index (κ1) is 34.0. The fourth-order valence-corrected chi connectivity index (χ4v) is 7.34. The zero-order chi connectivity index (χ0) is 34.0. The molecule has 0 aliphatic carbocycles. The average Bonchev–Trinajstić information content (AvgIpc) is 3.78. The maximum Gasteiger partial charge on any atom is 0.220 e. The summed E-state index contributed by atoms with van der Waals surface area (Å²) >= 11 is 0. The lowest BCUT2D eigenvalue weighted by molar-refractivity contribution is 0.152. The molecule has 1 fully saturated rings. The van der Waals surface area contributed by atoms with Gasteiger partial charge in [-0.1, -0.05) is 91.4 Å². The van der Waals surface area contributed by atoms with E-state index in [9.17, 15) is 0 Å². The largest absolute Gasteiger partial charge is 0.492 e. The first-order valence-electron chi connectivity index (χ1n) is 18.6. The van der Waals surface area contributed by atoms with Crippen molar-refractivity contribution >= 4 is 5.88 Å². The normalized spacial score (nSPS) is 17.8. The molecule has 1 saturated heterocycles. The lowest BCUT2D eigenvalue weighted by atomic mass is 10.1. The standard InChI is InChI=1S/C41H51N7O2/c1-2-39-40-42-38(28-33-15-6-3-7-16-33)41(50-40)47(29-34-17-8-4-9-18-34)31-36-32-48(44-43-36)24-13-12-23-46(39)30-35-19-14-20-37(27-35)49-26-25-45-21-10-5-11-22-45/h3-4,6-9,14-20,27,32,39H,2,5,10-13,21-26,28-31H2,1H3. The van der Waals surface area contributed by atoms with E-state index in [0.29, 0.717) is 19.5 Å². The van der Waals surface area contributed by atoms with Gasteiger partial charge in [0, 0.05) is 32.6 Å². The Bertz CT molecular complexity index is 1750. The number of oxazole rings is 1. The van der Waals surface area contributed by atoms with Crippen molar-refractivity contribution in [2.24, 2.45) is 0 Å². The van der Waals surface area contributed by atoms with Gasteiger partial charge in [0.2, 0.25) is 11.8 Å². The van der Waals surface area contributed by atoms with Gasteiger partial charge in [-0.05, 0) is 80.6 Å². The van der Waals surface area contributed by atoms with Gasteiger partial charge in [0.05, 0.1) is 18.8 Å². The van der Waals surface area contributed by atoms with Crippen LogP contribution in [0.3, 0.4) is 0 Å².